The van der Waals surface area contributed by atoms with Crippen LogP contribution in [0.1, 0.15) is 61.4 Å². The van der Waals surface area contributed by atoms with Crippen molar-refractivity contribution in [1.82, 2.24) is 9.80 Å². The van der Waals surface area contributed by atoms with Crippen LogP contribution in [0.25, 0.3) is 0 Å². The van der Waals surface area contributed by atoms with Crippen LogP contribution in [0.15, 0.2) is 24.3 Å². The molecule has 3 rings (SSSR count). The lowest BCUT2D eigenvalue weighted by Gasteiger charge is -2.33. The number of rotatable bonds is 3. The molecule has 24 heavy (non-hydrogen) atoms. The highest BCUT2D eigenvalue weighted by Gasteiger charge is 2.31. The Morgan fingerprint density at radius 2 is 1.50 bits per heavy atom. The van der Waals surface area contributed by atoms with Crippen molar-refractivity contribution >= 4 is 11.8 Å². The summed E-state index contributed by atoms with van der Waals surface area (Å²) < 4.78 is 0. The second kappa shape index (κ2) is 7.37. The zero-order chi connectivity index (χ0) is 17.1. The molecule has 2 aliphatic rings. The predicted molar refractivity (Wildman–Crippen MR) is 95.0 cm³/mol. The van der Waals surface area contributed by atoms with Gasteiger partial charge in [-0.3, -0.25) is 9.59 Å². The molecule has 0 atom stereocenters. The Morgan fingerprint density at radius 1 is 0.917 bits per heavy atom. The fourth-order valence-electron chi connectivity index (χ4n) is 3.72. The van der Waals surface area contributed by atoms with E-state index < -0.39 is 0 Å². The fourth-order valence-corrected chi connectivity index (χ4v) is 3.72. The van der Waals surface area contributed by atoms with Gasteiger partial charge in [0.15, 0.2) is 0 Å². The molecule has 4 nitrogen and oxygen atoms in total. The molecule has 0 aliphatic carbocycles. The third-order valence-electron chi connectivity index (χ3n) is 5.37. The Morgan fingerprint density at radius 3 is 2.04 bits per heavy atom. The highest BCUT2D eigenvalue weighted by molar-refractivity contribution is 5.94. The van der Waals surface area contributed by atoms with Gasteiger partial charge in [0.1, 0.15) is 0 Å². The molecule has 0 bridgehead atoms. The van der Waals surface area contributed by atoms with Gasteiger partial charge in [0.2, 0.25) is 5.91 Å². The first-order valence-corrected chi connectivity index (χ1v) is 9.24. The topological polar surface area (TPSA) is 40.6 Å². The first kappa shape index (κ1) is 17.0. The van der Waals surface area contributed by atoms with Crippen LogP contribution in [0, 0.1) is 5.92 Å². The molecule has 2 heterocycles. The maximum Gasteiger partial charge on any atom is 0.253 e. The van der Waals surface area contributed by atoms with Crippen LogP contribution in [0.2, 0.25) is 0 Å². The number of benzene rings is 1. The van der Waals surface area contributed by atoms with E-state index >= 15 is 0 Å². The number of amides is 2. The molecule has 130 valence electrons. The summed E-state index contributed by atoms with van der Waals surface area (Å²) in [6.07, 6.45) is 3.86. The van der Waals surface area contributed by atoms with Gasteiger partial charge in [-0.15, -0.1) is 0 Å². The highest BCUT2D eigenvalue weighted by atomic mass is 16.2. The van der Waals surface area contributed by atoms with Crippen LogP contribution in [-0.2, 0) is 4.79 Å². The van der Waals surface area contributed by atoms with Gasteiger partial charge in [0.05, 0.1) is 0 Å². The van der Waals surface area contributed by atoms with E-state index in [1.54, 1.807) is 0 Å². The van der Waals surface area contributed by atoms with E-state index in [1.165, 1.54) is 5.56 Å². The van der Waals surface area contributed by atoms with Crippen molar-refractivity contribution in [3.05, 3.63) is 35.4 Å². The summed E-state index contributed by atoms with van der Waals surface area (Å²) in [5, 5.41) is 0. The third-order valence-corrected chi connectivity index (χ3v) is 5.37. The Labute approximate surface area is 144 Å². The Hall–Kier alpha value is -1.84. The van der Waals surface area contributed by atoms with Crippen molar-refractivity contribution in [3.63, 3.8) is 0 Å². The number of hydrogen-bond donors (Lipinski definition) is 0. The normalized spacial score (nSPS) is 19.1. The molecule has 4 heteroatoms. The molecule has 0 unspecified atom stereocenters. The minimum Gasteiger partial charge on any atom is -0.342 e. The van der Waals surface area contributed by atoms with Crippen LogP contribution >= 0.6 is 0 Å². The van der Waals surface area contributed by atoms with Crippen molar-refractivity contribution in [2.45, 2.75) is 45.4 Å². The maximum atomic E-state index is 12.6. The van der Waals surface area contributed by atoms with Gasteiger partial charge in [-0.25, -0.2) is 0 Å². The van der Waals surface area contributed by atoms with Gasteiger partial charge < -0.3 is 9.80 Å². The summed E-state index contributed by atoms with van der Waals surface area (Å²) >= 11 is 0. The van der Waals surface area contributed by atoms with Gasteiger partial charge in [0, 0.05) is 37.7 Å². The van der Waals surface area contributed by atoms with E-state index in [-0.39, 0.29) is 11.8 Å². The van der Waals surface area contributed by atoms with Gasteiger partial charge in [-0.05, 0) is 49.3 Å². The van der Waals surface area contributed by atoms with Gasteiger partial charge in [-0.2, -0.15) is 0 Å². The minimum absolute atomic E-state index is 0.0948. The average Bonchev–Trinajstić information content (AvgIpc) is 3.15. The minimum atomic E-state index is 0.0948. The molecule has 0 spiro atoms. The second-order valence-corrected chi connectivity index (χ2v) is 7.38. The van der Waals surface area contributed by atoms with E-state index in [0.29, 0.717) is 24.9 Å². The van der Waals surface area contributed by atoms with E-state index in [2.05, 4.69) is 13.8 Å². The quantitative estimate of drug-likeness (QED) is 0.854. The number of carbonyl (C=O) groups excluding carboxylic acids is 2. The largest absolute Gasteiger partial charge is 0.342 e. The monoisotopic (exact) mass is 328 g/mol. The average molecular weight is 328 g/mol. The molecular formula is C20H28N2O2. The van der Waals surface area contributed by atoms with Crippen molar-refractivity contribution in [1.29, 1.82) is 0 Å². The Bertz CT molecular complexity index is 580. The molecule has 2 saturated heterocycles. The zero-order valence-electron chi connectivity index (χ0n) is 14.8. The molecule has 2 amide bonds. The van der Waals surface area contributed by atoms with Crippen LogP contribution in [0.4, 0.5) is 0 Å². The van der Waals surface area contributed by atoms with E-state index in [4.69, 9.17) is 0 Å². The van der Waals surface area contributed by atoms with Gasteiger partial charge in [-0.1, -0.05) is 26.0 Å². The van der Waals surface area contributed by atoms with Crippen LogP contribution in [0.3, 0.4) is 0 Å². The summed E-state index contributed by atoms with van der Waals surface area (Å²) in [4.78, 5) is 29.0. The molecule has 0 saturated carbocycles. The lowest BCUT2D eigenvalue weighted by atomic mass is 9.94. The van der Waals surface area contributed by atoms with Crippen LogP contribution in [-0.4, -0.2) is 47.8 Å². The van der Waals surface area contributed by atoms with E-state index in [1.807, 2.05) is 34.1 Å². The Kier molecular flexibility index (Phi) is 5.22. The van der Waals surface area contributed by atoms with Crippen molar-refractivity contribution < 1.29 is 9.59 Å². The summed E-state index contributed by atoms with van der Waals surface area (Å²) in [6, 6.07) is 7.95. The Balaban J connectivity index is 1.55. The predicted octanol–water partition coefficient (Wildman–Crippen LogP) is 3.28. The molecule has 0 aromatic heterocycles. The maximum absolute atomic E-state index is 12.6. The number of piperidine rings is 1. The number of nitrogens with zero attached hydrogens (tertiary/aromatic N) is 2. The smallest absolute Gasteiger partial charge is 0.253 e. The van der Waals surface area contributed by atoms with Crippen molar-refractivity contribution in [2.75, 3.05) is 26.2 Å². The molecule has 0 radical (unpaired) electrons. The summed E-state index contributed by atoms with van der Waals surface area (Å²) in [6.45, 7) is 7.52. The van der Waals surface area contributed by atoms with Crippen molar-refractivity contribution in [3.8, 4) is 0 Å². The number of hydrogen-bond acceptors (Lipinski definition) is 2. The molecule has 2 fully saturated rings. The third kappa shape index (κ3) is 3.63. The highest BCUT2D eigenvalue weighted by Crippen LogP contribution is 2.23. The zero-order valence-corrected chi connectivity index (χ0v) is 14.8. The summed E-state index contributed by atoms with van der Waals surface area (Å²) in [7, 11) is 0. The van der Waals surface area contributed by atoms with Crippen LogP contribution < -0.4 is 0 Å². The molecular weight excluding hydrogens is 300 g/mol. The summed E-state index contributed by atoms with van der Waals surface area (Å²) in [5.74, 6) is 0.982. The second-order valence-electron chi connectivity index (χ2n) is 7.38. The van der Waals surface area contributed by atoms with E-state index in [0.717, 1.165) is 44.3 Å². The molecule has 0 N–H and O–H groups in total. The molecule has 1 aromatic carbocycles. The first-order chi connectivity index (χ1) is 11.6. The van der Waals surface area contributed by atoms with Crippen LogP contribution in [0.5, 0.6) is 0 Å². The lowest BCUT2D eigenvalue weighted by molar-refractivity contribution is -0.135. The SMILES string of the molecule is CC(C)c1ccc(C(=O)N2CCC(C(=O)N3CCCC3)CC2)cc1. The number of carbonyl (C=O) groups is 2. The first-order valence-electron chi connectivity index (χ1n) is 9.24. The molecule has 1 aromatic rings. The van der Waals surface area contributed by atoms with Gasteiger partial charge in [0.25, 0.3) is 5.91 Å². The molecule has 2 aliphatic heterocycles. The van der Waals surface area contributed by atoms with Crippen molar-refractivity contribution in [2.24, 2.45) is 5.92 Å². The lowest BCUT2D eigenvalue weighted by Crippen LogP contribution is -2.43. The summed E-state index contributed by atoms with van der Waals surface area (Å²) in [5.41, 5.74) is 2.00. The standard InChI is InChI=1S/C20H28N2O2/c1-15(2)16-5-7-17(8-6-16)19(23)22-13-9-18(10-14-22)20(24)21-11-3-4-12-21/h5-8,15,18H,3-4,9-14H2,1-2H3. The fraction of sp³-hybridized carbons (Fsp3) is 0.600. The van der Waals surface area contributed by atoms with E-state index in [9.17, 15) is 9.59 Å². The van der Waals surface area contributed by atoms with Gasteiger partial charge >= 0.3 is 0 Å². The number of likely N-dealkylation sites (tertiary alicyclic amines) is 2.